The van der Waals surface area contributed by atoms with Gasteiger partial charge in [0.2, 0.25) is 5.58 Å². The van der Waals surface area contributed by atoms with Gasteiger partial charge < -0.3 is 9.15 Å². The van der Waals surface area contributed by atoms with Crippen LogP contribution in [0.15, 0.2) is 81.1 Å². The van der Waals surface area contributed by atoms with E-state index in [-0.39, 0.29) is 11.1 Å². The molecule has 0 radical (unpaired) electrons. The van der Waals surface area contributed by atoms with Crippen molar-refractivity contribution in [3.8, 4) is 5.75 Å². The summed E-state index contributed by atoms with van der Waals surface area (Å²) in [4.78, 5) is 18.5. The van der Waals surface area contributed by atoms with Gasteiger partial charge in [-0.05, 0) is 54.8 Å². The normalized spacial score (nSPS) is 11.4. The topological polar surface area (TPSA) is 57.3 Å². The molecule has 0 saturated heterocycles. The van der Waals surface area contributed by atoms with Crippen molar-refractivity contribution < 1.29 is 9.15 Å². The molecule has 6 heteroatoms. The molecule has 3 aromatic carbocycles. The third-order valence-corrected chi connectivity index (χ3v) is 6.81. The molecule has 0 spiro atoms. The number of rotatable bonds is 6. The Kier molecular flexibility index (Phi) is 5.68. The minimum absolute atomic E-state index is 0.178. The molecule has 0 bridgehead atoms. The molecule has 0 fully saturated rings. The number of ether oxygens (including phenoxy) is 1. The van der Waals surface area contributed by atoms with Crippen molar-refractivity contribution in [2.24, 2.45) is 0 Å². The molecular weight excluding hydrogens is 432 g/mol. The Balaban J connectivity index is 1.63. The third-order valence-electron chi connectivity index (χ3n) is 5.78. The van der Waals surface area contributed by atoms with E-state index in [1.807, 2.05) is 48.5 Å². The standard InChI is InChI=1S/C27H24N2O3S/c1-17-11-12-18(2)20(13-17)16-33-27-28-24-22-9-4-5-10-23(22)32-25(24)26(30)29(27)15-19-7-6-8-21(14-19)31-3/h4-14H,15-16H2,1-3H3. The van der Waals surface area contributed by atoms with Crippen molar-refractivity contribution in [3.63, 3.8) is 0 Å². The lowest BCUT2D eigenvalue weighted by Crippen LogP contribution is -2.23. The maximum atomic E-state index is 13.6. The van der Waals surface area contributed by atoms with Crippen LogP contribution in [-0.2, 0) is 12.3 Å². The predicted molar refractivity (Wildman–Crippen MR) is 133 cm³/mol. The van der Waals surface area contributed by atoms with Crippen LogP contribution in [-0.4, -0.2) is 16.7 Å². The molecule has 5 nitrogen and oxygen atoms in total. The number of aryl methyl sites for hydroxylation is 2. The highest BCUT2D eigenvalue weighted by Crippen LogP contribution is 2.29. The first-order valence-electron chi connectivity index (χ1n) is 10.8. The monoisotopic (exact) mass is 456 g/mol. The van der Waals surface area contributed by atoms with E-state index >= 15 is 0 Å². The van der Waals surface area contributed by atoms with E-state index in [9.17, 15) is 4.79 Å². The molecule has 2 aromatic heterocycles. The van der Waals surface area contributed by atoms with Gasteiger partial charge in [-0.2, -0.15) is 0 Å². The Morgan fingerprint density at radius 1 is 1.03 bits per heavy atom. The molecule has 0 N–H and O–H groups in total. The number of methoxy groups -OCH3 is 1. The number of hydrogen-bond acceptors (Lipinski definition) is 5. The van der Waals surface area contributed by atoms with Crippen molar-refractivity contribution >= 4 is 33.8 Å². The molecule has 0 aliphatic heterocycles. The summed E-state index contributed by atoms with van der Waals surface area (Å²) in [6.07, 6.45) is 0. The van der Waals surface area contributed by atoms with Crippen LogP contribution in [0.3, 0.4) is 0 Å². The molecule has 5 rings (SSSR count). The summed E-state index contributed by atoms with van der Waals surface area (Å²) in [5.41, 5.74) is 6.03. The lowest BCUT2D eigenvalue weighted by molar-refractivity contribution is 0.414. The first-order chi connectivity index (χ1) is 16.0. The summed E-state index contributed by atoms with van der Waals surface area (Å²) < 4.78 is 13.0. The van der Waals surface area contributed by atoms with Crippen LogP contribution < -0.4 is 10.3 Å². The molecule has 0 amide bonds. The molecule has 166 valence electrons. The van der Waals surface area contributed by atoms with Crippen molar-refractivity contribution in [3.05, 3.63) is 99.3 Å². The van der Waals surface area contributed by atoms with E-state index in [1.165, 1.54) is 16.7 Å². The van der Waals surface area contributed by atoms with Crippen molar-refractivity contribution in [2.45, 2.75) is 31.3 Å². The zero-order valence-corrected chi connectivity index (χ0v) is 19.6. The Bertz CT molecular complexity index is 1530. The van der Waals surface area contributed by atoms with Crippen molar-refractivity contribution in [1.82, 2.24) is 9.55 Å². The minimum atomic E-state index is -0.178. The van der Waals surface area contributed by atoms with Gasteiger partial charge in [-0.1, -0.05) is 59.8 Å². The van der Waals surface area contributed by atoms with Crippen LogP contribution in [0.4, 0.5) is 0 Å². The molecule has 0 saturated carbocycles. The molecule has 5 aromatic rings. The Labute approximate surface area is 196 Å². The Morgan fingerprint density at radius 3 is 2.73 bits per heavy atom. The molecule has 0 unspecified atom stereocenters. The second-order valence-corrected chi connectivity index (χ2v) is 9.07. The summed E-state index contributed by atoms with van der Waals surface area (Å²) >= 11 is 1.57. The summed E-state index contributed by atoms with van der Waals surface area (Å²) in [6.45, 7) is 4.58. The zero-order chi connectivity index (χ0) is 22.9. The van der Waals surface area contributed by atoms with Gasteiger partial charge in [0, 0.05) is 11.1 Å². The van der Waals surface area contributed by atoms with Crippen LogP contribution in [0.1, 0.15) is 22.3 Å². The van der Waals surface area contributed by atoms with E-state index < -0.39 is 0 Å². The molecule has 2 heterocycles. The van der Waals surface area contributed by atoms with Crippen LogP contribution in [0.25, 0.3) is 22.1 Å². The van der Waals surface area contributed by atoms with E-state index in [0.29, 0.717) is 22.8 Å². The summed E-state index contributed by atoms with van der Waals surface area (Å²) in [5, 5.41) is 1.52. The van der Waals surface area contributed by atoms with Crippen molar-refractivity contribution in [1.29, 1.82) is 0 Å². The highest BCUT2D eigenvalue weighted by molar-refractivity contribution is 7.98. The number of hydrogen-bond donors (Lipinski definition) is 0. The first-order valence-corrected chi connectivity index (χ1v) is 11.8. The van der Waals surface area contributed by atoms with Gasteiger partial charge in [0.1, 0.15) is 16.8 Å². The van der Waals surface area contributed by atoms with Gasteiger partial charge in [-0.3, -0.25) is 9.36 Å². The Morgan fingerprint density at radius 2 is 1.88 bits per heavy atom. The minimum Gasteiger partial charge on any atom is -0.497 e. The average molecular weight is 457 g/mol. The highest BCUT2D eigenvalue weighted by Gasteiger charge is 2.18. The fourth-order valence-corrected chi connectivity index (χ4v) is 5.01. The van der Waals surface area contributed by atoms with Gasteiger partial charge in [0.05, 0.1) is 13.7 Å². The second kappa shape index (κ2) is 8.79. The fourth-order valence-electron chi connectivity index (χ4n) is 3.95. The number of furan rings is 1. The zero-order valence-electron chi connectivity index (χ0n) is 18.8. The van der Waals surface area contributed by atoms with E-state index in [1.54, 1.807) is 23.4 Å². The second-order valence-electron chi connectivity index (χ2n) is 8.13. The van der Waals surface area contributed by atoms with Gasteiger partial charge in [-0.25, -0.2) is 4.98 Å². The first kappa shape index (κ1) is 21.3. The Hall–Kier alpha value is -3.51. The van der Waals surface area contributed by atoms with Crippen molar-refractivity contribution in [2.75, 3.05) is 7.11 Å². The van der Waals surface area contributed by atoms with Gasteiger partial charge in [0.25, 0.3) is 5.56 Å². The predicted octanol–water partition coefficient (Wildman–Crippen LogP) is 6.11. The lowest BCUT2D eigenvalue weighted by Gasteiger charge is -2.13. The summed E-state index contributed by atoms with van der Waals surface area (Å²) in [7, 11) is 1.64. The van der Waals surface area contributed by atoms with Crippen LogP contribution in [0.2, 0.25) is 0 Å². The highest BCUT2D eigenvalue weighted by atomic mass is 32.2. The van der Waals surface area contributed by atoms with Crippen LogP contribution in [0.5, 0.6) is 5.75 Å². The largest absolute Gasteiger partial charge is 0.497 e. The SMILES string of the molecule is COc1cccc(Cn2c(SCc3cc(C)ccc3C)nc3c(oc4ccccc43)c2=O)c1. The number of fused-ring (bicyclic) bond motifs is 3. The number of nitrogens with zero attached hydrogens (tertiary/aromatic N) is 2. The van der Waals surface area contributed by atoms with Gasteiger partial charge in [0.15, 0.2) is 5.16 Å². The number of thioether (sulfide) groups is 1. The maximum absolute atomic E-state index is 13.6. The maximum Gasteiger partial charge on any atom is 0.298 e. The van der Waals surface area contributed by atoms with Crippen LogP contribution >= 0.6 is 11.8 Å². The molecule has 0 aliphatic carbocycles. The fraction of sp³-hybridized carbons (Fsp3) is 0.185. The molecular formula is C27H24N2O3S. The van der Waals surface area contributed by atoms with Crippen LogP contribution in [0, 0.1) is 13.8 Å². The number of benzene rings is 3. The number of aromatic nitrogens is 2. The molecule has 0 atom stereocenters. The number of para-hydroxylation sites is 1. The molecule has 33 heavy (non-hydrogen) atoms. The van der Waals surface area contributed by atoms with E-state index in [2.05, 4.69) is 32.0 Å². The van der Waals surface area contributed by atoms with E-state index in [4.69, 9.17) is 14.1 Å². The third kappa shape index (κ3) is 4.14. The van der Waals surface area contributed by atoms with Gasteiger partial charge >= 0.3 is 0 Å². The lowest BCUT2D eigenvalue weighted by atomic mass is 10.1. The quantitative estimate of drug-likeness (QED) is 0.228. The molecule has 0 aliphatic rings. The smallest absolute Gasteiger partial charge is 0.298 e. The van der Waals surface area contributed by atoms with E-state index in [0.717, 1.165) is 22.5 Å². The summed E-state index contributed by atoms with van der Waals surface area (Å²) in [6, 6.07) is 21.8. The van der Waals surface area contributed by atoms with Gasteiger partial charge in [-0.15, -0.1) is 0 Å². The summed E-state index contributed by atoms with van der Waals surface area (Å²) in [5.74, 6) is 1.47. The average Bonchev–Trinajstić information content (AvgIpc) is 3.21.